The molecule has 2 N–H and O–H groups in total. The number of rotatable bonds is 5. The van der Waals surface area contributed by atoms with Crippen molar-refractivity contribution >= 4 is 44.9 Å². The van der Waals surface area contributed by atoms with Crippen LogP contribution in [0.15, 0.2) is 47.4 Å². The van der Waals surface area contributed by atoms with Crippen LogP contribution < -0.4 is 5.32 Å². The number of carbonyl (C=O) groups excluding carboxylic acids is 1. The van der Waals surface area contributed by atoms with Gasteiger partial charge in [0.1, 0.15) is 0 Å². The monoisotopic (exact) mass is 406 g/mol. The van der Waals surface area contributed by atoms with Crippen molar-refractivity contribution in [3.8, 4) is 0 Å². The Morgan fingerprint density at radius 1 is 1.22 bits per heavy atom. The molecule has 7 nitrogen and oxygen atoms in total. The number of aryl methyl sites for hydroxylation is 1. The molecule has 0 atom stereocenters. The molecule has 1 heterocycles. The van der Waals surface area contributed by atoms with Gasteiger partial charge in [-0.25, -0.2) is 17.2 Å². The summed E-state index contributed by atoms with van der Waals surface area (Å²) in [5, 5.41) is 11.7. The number of benzene rings is 2. The molecular weight excluding hydrogens is 392 g/mol. The van der Waals surface area contributed by atoms with Crippen molar-refractivity contribution in [2.24, 2.45) is 0 Å². The lowest BCUT2D eigenvalue weighted by molar-refractivity contribution is 0.112. The van der Waals surface area contributed by atoms with Gasteiger partial charge in [0, 0.05) is 10.9 Å². The van der Waals surface area contributed by atoms with E-state index in [4.69, 9.17) is 16.7 Å². The van der Waals surface area contributed by atoms with Crippen LogP contribution in [0.2, 0.25) is 5.02 Å². The Morgan fingerprint density at radius 2 is 1.89 bits per heavy atom. The number of aldehydes is 1. The number of halogens is 1. The Balaban J connectivity index is 2.29. The van der Waals surface area contributed by atoms with Gasteiger partial charge in [0.25, 0.3) is 10.0 Å². The van der Waals surface area contributed by atoms with E-state index < -0.39 is 16.1 Å². The standard InChI is InChI=1S/C18H15ClN2O5S/c1-11-2-4-15(5-3-11)27(25,26)21-14(9-20-18(23)24)6-12-7-16(19)13(10-22)8-17(12)21/h2-8,10,20H,9H2,1H3,(H,23,24). The molecule has 0 fully saturated rings. The third-order valence-electron chi connectivity index (χ3n) is 4.05. The maximum absolute atomic E-state index is 13.2. The third-order valence-corrected chi connectivity index (χ3v) is 6.16. The van der Waals surface area contributed by atoms with Crippen molar-refractivity contribution in [1.29, 1.82) is 0 Å². The van der Waals surface area contributed by atoms with Gasteiger partial charge in [-0.05, 0) is 37.3 Å². The van der Waals surface area contributed by atoms with Gasteiger partial charge in [-0.15, -0.1) is 0 Å². The fourth-order valence-corrected chi connectivity index (χ4v) is 4.51. The molecule has 0 unspecified atom stereocenters. The number of nitrogens with zero attached hydrogens (tertiary/aromatic N) is 1. The number of hydrogen-bond donors (Lipinski definition) is 2. The second-order valence-corrected chi connectivity index (χ2v) is 8.12. The van der Waals surface area contributed by atoms with E-state index >= 15 is 0 Å². The second kappa shape index (κ2) is 7.05. The van der Waals surface area contributed by atoms with Gasteiger partial charge in [0.2, 0.25) is 0 Å². The van der Waals surface area contributed by atoms with Gasteiger partial charge in [-0.3, -0.25) is 4.79 Å². The Morgan fingerprint density at radius 3 is 2.48 bits per heavy atom. The first kappa shape index (κ1) is 18.9. The molecule has 0 bridgehead atoms. The number of aromatic nitrogens is 1. The van der Waals surface area contributed by atoms with Crippen molar-refractivity contribution < 1.29 is 23.1 Å². The molecule has 140 valence electrons. The summed E-state index contributed by atoms with van der Waals surface area (Å²) >= 11 is 6.04. The summed E-state index contributed by atoms with van der Waals surface area (Å²) in [6.45, 7) is 1.60. The summed E-state index contributed by atoms with van der Waals surface area (Å²) in [6, 6.07) is 10.7. The van der Waals surface area contributed by atoms with Crippen molar-refractivity contribution in [1.82, 2.24) is 9.29 Å². The molecule has 2 aromatic carbocycles. The van der Waals surface area contributed by atoms with Gasteiger partial charge < -0.3 is 10.4 Å². The van der Waals surface area contributed by atoms with Crippen LogP contribution in [0.3, 0.4) is 0 Å². The Kier molecular flexibility index (Phi) is 4.95. The minimum Gasteiger partial charge on any atom is -0.465 e. The van der Waals surface area contributed by atoms with E-state index in [0.717, 1.165) is 9.54 Å². The van der Waals surface area contributed by atoms with Crippen LogP contribution >= 0.6 is 11.6 Å². The van der Waals surface area contributed by atoms with E-state index in [0.29, 0.717) is 11.7 Å². The van der Waals surface area contributed by atoms with E-state index in [2.05, 4.69) is 5.32 Å². The fraction of sp³-hybridized carbons (Fsp3) is 0.111. The largest absolute Gasteiger partial charge is 0.465 e. The average Bonchev–Trinajstić information content (AvgIpc) is 2.97. The molecule has 1 aromatic heterocycles. The molecule has 0 aliphatic heterocycles. The van der Waals surface area contributed by atoms with Crippen LogP contribution in [-0.4, -0.2) is 29.9 Å². The van der Waals surface area contributed by atoms with Crippen molar-refractivity contribution in [3.05, 3.63) is 64.3 Å². The van der Waals surface area contributed by atoms with Crippen LogP contribution in [0.25, 0.3) is 10.9 Å². The van der Waals surface area contributed by atoms with E-state index in [1.54, 1.807) is 12.1 Å². The molecule has 27 heavy (non-hydrogen) atoms. The number of nitrogens with one attached hydrogen (secondary N) is 1. The fourth-order valence-electron chi connectivity index (χ4n) is 2.76. The highest BCUT2D eigenvalue weighted by Gasteiger charge is 2.24. The first-order chi connectivity index (χ1) is 12.7. The first-order valence-electron chi connectivity index (χ1n) is 7.82. The Labute approximate surface area is 160 Å². The minimum atomic E-state index is -4.03. The summed E-state index contributed by atoms with van der Waals surface area (Å²) < 4.78 is 27.5. The van der Waals surface area contributed by atoms with Crippen molar-refractivity contribution in [3.63, 3.8) is 0 Å². The van der Waals surface area contributed by atoms with Gasteiger partial charge in [0.15, 0.2) is 6.29 Å². The van der Waals surface area contributed by atoms with Crippen LogP contribution in [0.5, 0.6) is 0 Å². The lowest BCUT2D eigenvalue weighted by Gasteiger charge is -2.12. The zero-order chi connectivity index (χ0) is 19.8. The maximum atomic E-state index is 13.2. The molecule has 0 aliphatic carbocycles. The molecule has 9 heteroatoms. The summed E-state index contributed by atoms with van der Waals surface area (Å²) in [7, 11) is -4.03. The third kappa shape index (κ3) is 3.54. The predicted octanol–water partition coefficient (Wildman–Crippen LogP) is 3.42. The summed E-state index contributed by atoms with van der Waals surface area (Å²) in [4.78, 5) is 22.1. The van der Waals surface area contributed by atoms with E-state index in [1.165, 1.54) is 30.3 Å². The van der Waals surface area contributed by atoms with E-state index in [-0.39, 0.29) is 33.2 Å². The van der Waals surface area contributed by atoms with E-state index in [1.807, 2.05) is 6.92 Å². The molecule has 0 saturated carbocycles. The molecular formula is C18H15ClN2O5S. The van der Waals surface area contributed by atoms with Crippen molar-refractivity contribution in [2.75, 3.05) is 0 Å². The number of carbonyl (C=O) groups is 2. The minimum absolute atomic E-state index is 0.0461. The summed E-state index contributed by atoms with van der Waals surface area (Å²) in [5.41, 5.74) is 1.48. The number of amides is 1. The van der Waals surface area contributed by atoms with Crippen molar-refractivity contribution in [2.45, 2.75) is 18.4 Å². The molecule has 0 radical (unpaired) electrons. The van der Waals surface area contributed by atoms with Crippen LogP contribution in [0.4, 0.5) is 4.79 Å². The topological polar surface area (TPSA) is 105 Å². The van der Waals surface area contributed by atoms with Crippen LogP contribution in [-0.2, 0) is 16.6 Å². The zero-order valence-corrected chi connectivity index (χ0v) is 15.7. The average molecular weight is 407 g/mol. The van der Waals surface area contributed by atoms with Crippen LogP contribution in [0, 0.1) is 6.92 Å². The Bertz CT molecular complexity index is 1150. The SMILES string of the molecule is Cc1ccc(S(=O)(=O)n2c(CNC(=O)O)cc3cc(Cl)c(C=O)cc32)cc1. The number of carboxylic acid groups (broad SMARTS) is 1. The zero-order valence-electron chi connectivity index (χ0n) is 14.1. The van der Waals surface area contributed by atoms with Gasteiger partial charge in [-0.2, -0.15) is 0 Å². The van der Waals surface area contributed by atoms with E-state index in [9.17, 15) is 18.0 Å². The van der Waals surface area contributed by atoms with Gasteiger partial charge in [-0.1, -0.05) is 29.3 Å². The van der Waals surface area contributed by atoms with Gasteiger partial charge >= 0.3 is 6.09 Å². The first-order valence-corrected chi connectivity index (χ1v) is 9.64. The number of fused-ring (bicyclic) bond motifs is 1. The molecule has 0 saturated heterocycles. The van der Waals surface area contributed by atoms with Crippen LogP contribution in [0.1, 0.15) is 21.6 Å². The lowest BCUT2D eigenvalue weighted by Crippen LogP contribution is -2.24. The molecule has 3 aromatic rings. The maximum Gasteiger partial charge on any atom is 0.404 e. The highest BCUT2D eigenvalue weighted by atomic mass is 35.5. The predicted molar refractivity (Wildman–Crippen MR) is 101 cm³/mol. The molecule has 3 rings (SSSR count). The number of hydrogen-bond acceptors (Lipinski definition) is 4. The smallest absolute Gasteiger partial charge is 0.404 e. The highest BCUT2D eigenvalue weighted by molar-refractivity contribution is 7.90. The Hall–Kier alpha value is -2.84. The molecule has 0 spiro atoms. The summed E-state index contributed by atoms with van der Waals surface area (Å²) in [5.74, 6) is 0. The van der Waals surface area contributed by atoms with Gasteiger partial charge in [0.05, 0.1) is 27.7 Å². The highest BCUT2D eigenvalue weighted by Crippen LogP contribution is 2.30. The quantitative estimate of drug-likeness (QED) is 0.631. The lowest BCUT2D eigenvalue weighted by atomic mass is 10.2. The summed E-state index contributed by atoms with van der Waals surface area (Å²) in [6.07, 6.45) is -0.751. The molecule has 0 aliphatic rings. The normalized spacial score (nSPS) is 11.5. The second-order valence-electron chi connectivity index (χ2n) is 5.93. The molecule has 1 amide bonds.